The average Bonchev–Trinajstić information content (AvgIpc) is 3.29. The van der Waals surface area contributed by atoms with Gasteiger partial charge in [0, 0.05) is 16.0 Å². The molecule has 38 heavy (non-hydrogen) atoms. The van der Waals surface area contributed by atoms with Crippen molar-refractivity contribution in [3.63, 3.8) is 0 Å². The van der Waals surface area contributed by atoms with Gasteiger partial charge < -0.3 is 5.32 Å². The third-order valence-corrected chi connectivity index (χ3v) is 9.68. The molecule has 3 amide bonds. The molecule has 0 aliphatic carbocycles. The first kappa shape index (κ1) is 26.2. The molecule has 198 valence electrons. The summed E-state index contributed by atoms with van der Waals surface area (Å²) in [4.78, 5) is 53.7. The van der Waals surface area contributed by atoms with Gasteiger partial charge in [0.15, 0.2) is 0 Å². The summed E-state index contributed by atoms with van der Waals surface area (Å²) < 4.78 is 41.2. The summed E-state index contributed by atoms with van der Waals surface area (Å²) in [5, 5.41) is 2.24. The largest absolute Gasteiger partial charge is 0.416 e. The highest BCUT2D eigenvalue weighted by Crippen LogP contribution is 2.54. The van der Waals surface area contributed by atoms with Gasteiger partial charge in [0.2, 0.25) is 17.7 Å². The van der Waals surface area contributed by atoms with E-state index in [0.717, 1.165) is 51.8 Å². The number of benzene rings is 2. The maximum atomic E-state index is 13.5. The number of carbonyl (C=O) groups is 3. The second kappa shape index (κ2) is 9.12. The first-order valence-electron chi connectivity index (χ1n) is 11.6. The molecule has 1 saturated heterocycles. The zero-order valence-electron chi connectivity index (χ0n) is 20.5. The molecule has 2 atom stereocenters. The summed E-state index contributed by atoms with van der Waals surface area (Å²) in [6, 6.07) is 11.3. The fourth-order valence-electron chi connectivity index (χ4n) is 4.89. The summed E-state index contributed by atoms with van der Waals surface area (Å²) in [6.07, 6.45) is -4.64. The molecule has 2 aromatic carbocycles. The minimum atomic E-state index is -4.64. The van der Waals surface area contributed by atoms with Crippen LogP contribution >= 0.6 is 23.1 Å². The molecule has 7 nitrogen and oxygen atoms in total. The minimum absolute atomic E-state index is 0.154. The van der Waals surface area contributed by atoms with Crippen LogP contribution in [-0.4, -0.2) is 27.5 Å². The number of imide groups is 1. The Morgan fingerprint density at radius 1 is 1.05 bits per heavy atom. The van der Waals surface area contributed by atoms with E-state index in [1.54, 1.807) is 26.0 Å². The van der Waals surface area contributed by atoms with E-state index in [9.17, 15) is 32.3 Å². The van der Waals surface area contributed by atoms with Gasteiger partial charge in [0.05, 0.1) is 22.2 Å². The van der Waals surface area contributed by atoms with Gasteiger partial charge in [-0.05, 0) is 36.8 Å². The van der Waals surface area contributed by atoms with Crippen LogP contribution in [0.15, 0.2) is 58.4 Å². The van der Waals surface area contributed by atoms with Gasteiger partial charge in [-0.25, -0.2) is 4.90 Å². The molecule has 2 aliphatic heterocycles. The number of halogens is 3. The number of alkyl halides is 3. The molecule has 2 unspecified atom stereocenters. The summed E-state index contributed by atoms with van der Waals surface area (Å²) in [5.41, 5.74) is -0.640. The van der Waals surface area contributed by atoms with E-state index < -0.39 is 50.9 Å². The Kier molecular flexibility index (Phi) is 6.30. The van der Waals surface area contributed by atoms with Gasteiger partial charge >= 0.3 is 11.0 Å². The minimum Gasteiger partial charge on any atom is -0.324 e. The van der Waals surface area contributed by atoms with Crippen molar-refractivity contribution in [2.24, 2.45) is 5.92 Å². The van der Waals surface area contributed by atoms with Gasteiger partial charge in [0.1, 0.15) is 11.8 Å². The van der Waals surface area contributed by atoms with Gasteiger partial charge in [-0.3, -0.25) is 23.7 Å². The standard InChI is InChI=1S/C26H22F3N3O4S2/c1-13-7-4-5-10-16(13)30-17(33)12-31-23-20(38-24(31)36)25(2,3)18-19(37-23)22(35)32(21(18)34)15-9-6-8-14(11-15)26(27,28)29/h4-11,18-19H,12H2,1-3H3,(H,30,33). The van der Waals surface area contributed by atoms with Crippen molar-refractivity contribution >= 4 is 52.2 Å². The predicted molar refractivity (Wildman–Crippen MR) is 138 cm³/mol. The van der Waals surface area contributed by atoms with Crippen LogP contribution in [-0.2, 0) is 32.5 Å². The number of para-hydroxylation sites is 1. The number of hydrogen-bond acceptors (Lipinski definition) is 6. The van der Waals surface area contributed by atoms with Crippen LogP contribution in [0.2, 0.25) is 0 Å². The number of carbonyl (C=O) groups excluding carboxylic acids is 3. The monoisotopic (exact) mass is 561 g/mol. The summed E-state index contributed by atoms with van der Waals surface area (Å²) in [5.74, 6) is -2.60. The summed E-state index contributed by atoms with van der Waals surface area (Å²) >= 11 is 1.91. The SMILES string of the molecule is Cc1ccccc1NC(=O)Cn1c2c(sc1=O)C(C)(C)C1C(=O)N(c3cccc(C(F)(F)F)c3)C(=O)C1S2. The Morgan fingerprint density at radius 2 is 1.76 bits per heavy atom. The molecule has 0 spiro atoms. The molecular formula is C26H22F3N3O4S2. The third-order valence-electron chi connectivity index (χ3n) is 6.86. The Bertz CT molecular complexity index is 1540. The molecule has 1 fully saturated rings. The number of amides is 3. The highest BCUT2D eigenvalue weighted by atomic mass is 32.2. The second-order valence-corrected chi connectivity index (χ2v) is 11.8. The lowest BCUT2D eigenvalue weighted by molar-refractivity contribution is -0.137. The van der Waals surface area contributed by atoms with Crippen LogP contribution < -0.4 is 15.1 Å². The molecule has 1 aromatic heterocycles. The molecule has 0 radical (unpaired) electrons. The lowest BCUT2D eigenvalue weighted by Gasteiger charge is -2.36. The number of nitrogens with one attached hydrogen (secondary N) is 1. The number of thiazole rings is 1. The molecule has 5 rings (SSSR count). The number of anilines is 2. The third kappa shape index (κ3) is 4.25. The summed E-state index contributed by atoms with van der Waals surface area (Å²) in [6.45, 7) is 5.01. The number of fused-ring (bicyclic) bond motifs is 2. The molecular weight excluding hydrogens is 539 g/mol. The van der Waals surface area contributed by atoms with Crippen LogP contribution in [0.25, 0.3) is 0 Å². The molecule has 0 saturated carbocycles. The number of rotatable bonds is 4. The number of thioether (sulfide) groups is 1. The quantitative estimate of drug-likeness (QED) is 0.462. The van der Waals surface area contributed by atoms with Crippen molar-refractivity contribution < 1.29 is 27.6 Å². The van der Waals surface area contributed by atoms with E-state index in [-0.39, 0.29) is 12.2 Å². The highest BCUT2D eigenvalue weighted by Gasteiger charge is 2.59. The van der Waals surface area contributed by atoms with Gasteiger partial charge in [-0.2, -0.15) is 13.2 Å². The van der Waals surface area contributed by atoms with Crippen LogP contribution in [0.4, 0.5) is 24.5 Å². The maximum Gasteiger partial charge on any atom is 0.416 e. The zero-order valence-corrected chi connectivity index (χ0v) is 22.1. The fourth-order valence-corrected chi connectivity index (χ4v) is 7.93. The van der Waals surface area contributed by atoms with E-state index in [1.807, 2.05) is 19.1 Å². The molecule has 0 bridgehead atoms. The average molecular weight is 562 g/mol. The van der Waals surface area contributed by atoms with E-state index in [4.69, 9.17) is 0 Å². The molecule has 1 N–H and O–H groups in total. The van der Waals surface area contributed by atoms with Gasteiger partial charge in [-0.1, -0.05) is 61.2 Å². The lowest BCUT2D eigenvalue weighted by Crippen LogP contribution is -2.42. The van der Waals surface area contributed by atoms with Crippen LogP contribution in [0.1, 0.15) is 29.9 Å². The molecule has 3 aromatic rings. The molecule has 2 aliphatic rings. The van der Waals surface area contributed by atoms with E-state index in [2.05, 4.69) is 5.32 Å². The second-order valence-electron chi connectivity index (χ2n) is 9.75. The smallest absolute Gasteiger partial charge is 0.324 e. The fraction of sp³-hybridized carbons (Fsp3) is 0.308. The Hall–Kier alpha value is -3.38. The normalized spacial score (nSPS) is 20.3. The van der Waals surface area contributed by atoms with Crippen LogP contribution in [0, 0.1) is 12.8 Å². The Labute approximate surface area is 223 Å². The molecule has 12 heteroatoms. The maximum absolute atomic E-state index is 13.5. The Morgan fingerprint density at radius 3 is 2.45 bits per heavy atom. The number of aromatic nitrogens is 1. The van der Waals surface area contributed by atoms with Crippen LogP contribution in [0.5, 0.6) is 0 Å². The topological polar surface area (TPSA) is 88.5 Å². The van der Waals surface area contributed by atoms with E-state index >= 15 is 0 Å². The van der Waals surface area contributed by atoms with Crippen molar-refractivity contribution in [1.82, 2.24) is 4.57 Å². The van der Waals surface area contributed by atoms with Crippen molar-refractivity contribution in [2.75, 3.05) is 10.2 Å². The van der Waals surface area contributed by atoms with E-state index in [1.165, 1.54) is 10.6 Å². The first-order valence-corrected chi connectivity index (χ1v) is 13.3. The van der Waals surface area contributed by atoms with E-state index in [0.29, 0.717) is 15.6 Å². The van der Waals surface area contributed by atoms with Crippen molar-refractivity contribution in [2.45, 2.75) is 49.2 Å². The molecule has 3 heterocycles. The number of aryl methyl sites for hydroxylation is 1. The first-order chi connectivity index (χ1) is 17.8. The Balaban J connectivity index is 1.48. The van der Waals surface area contributed by atoms with Crippen LogP contribution in [0.3, 0.4) is 0 Å². The van der Waals surface area contributed by atoms with Crippen molar-refractivity contribution in [3.05, 3.63) is 74.2 Å². The van der Waals surface area contributed by atoms with Gasteiger partial charge in [-0.15, -0.1) is 0 Å². The van der Waals surface area contributed by atoms with Gasteiger partial charge in [0.25, 0.3) is 0 Å². The summed E-state index contributed by atoms with van der Waals surface area (Å²) in [7, 11) is 0. The zero-order chi connectivity index (χ0) is 27.6. The van der Waals surface area contributed by atoms with Crippen molar-refractivity contribution in [3.8, 4) is 0 Å². The lowest BCUT2D eigenvalue weighted by atomic mass is 9.76. The number of hydrogen-bond donors (Lipinski definition) is 1. The number of nitrogens with zero attached hydrogens (tertiary/aromatic N) is 2. The van der Waals surface area contributed by atoms with Crippen molar-refractivity contribution in [1.29, 1.82) is 0 Å². The predicted octanol–water partition coefficient (Wildman–Crippen LogP) is 4.82. The highest BCUT2D eigenvalue weighted by molar-refractivity contribution is 8.00.